The molecule has 1 aromatic heterocycles. The molecule has 1 atom stereocenters. The number of aryl methyl sites for hydroxylation is 3. The molecule has 0 saturated carbocycles. The molecule has 0 aliphatic heterocycles. The molecule has 0 spiro atoms. The summed E-state index contributed by atoms with van der Waals surface area (Å²) < 4.78 is 2.27. The van der Waals surface area contributed by atoms with Crippen LogP contribution in [0.25, 0.3) is 0 Å². The summed E-state index contributed by atoms with van der Waals surface area (Å²) in [5.74, 6) is 1.18. The molecular formula is C17H25N3. The molecule has 3 nitrogen and oxygen atoms in total. The molecule has 0 bridgehead atoms. The van der Waals surface area contributed by atoms with E-state index < -0.39 is 0 Å². The van der Waals surface area contributed by atoms with Gasteiger partial charge in [-0.1, -0.05) is 36.2 Å². The van der Waals surface area contributed by atoms with Crippen LogP contribution in [0, 0.1) is 13.8 Å². The minimum Gasteiger partial charge on any atom is -0.333 e. The van der Waals surface area contributed by atoms with Crippen molar-refractivity contribution in [2.24, 2.45) is 0 Å². The minimum absolute atomic E-state index is 0.318. The van der Waals surface area contributed by atoms with E-state index in [2.05, 4.69) is 60.0 Å². The Balaban J connectivity index is 2.22. The lowest BCUT2D eigenvalue weighted by Gasteiger charge is -2.20. The van der Waals surface area contributed by atoms with E-state index >= 15 is 0 Å². The quantitative estimate of drug-likeness (QED) is 0.872. The maximum absolute atomic E-state index is 4.46. The highest BCUT2D eigenvalue weighted by molar-refractivity contribution is 5.30. The SMILES string of the molecule is CCCc1nccn1CC(NC)c1cc(C)cc(C)c1. The number of aromatic nitrogens is 2. The van der Waals surface area contributed by atoms with Crippen LogP contribution in [0.4, 0.5) is 0 Å². The van der Waals surface area contributed by atoms with Crippen molar-refractivity contribution in [1.82, 2.24) is 14.9 Å². The summed E-state index contributed by atoms with van der Waals surface area (Å²) in [5.41, 5.74) is 3.99. The lowest BCUT2D eigenvalue weighted by Crippen LogP contribution is -2.23. The third-order valence-corrected chi connectivity index (χ3v) is 3.65. The Hall–Kier alpha value is -1.61. The van der Waals surface area contributed by atoms with Gasteiger partial charge in [0.2, 0.25) is 0 Å². The van der Waals surface area contributed by atoms with Gasteiger partial charge < -0.3 is 9.88 Å². The van der Waals surface area contributed by atoms with Crippen LogP contribution in [-0.4, -0.2) is 16.6 Å². The summed E-state index contributed by atoms with van der Waals surface area (Å²) in [6.07, 6.45) is 6.15. The summed E-state index contributed by atoms with van der Waals surface area (Å²) in [4.78, 5) is 4.46. The van der Waals surface area contributed by atoms with Gasteiger partial charge in [-0.15, -0.1) is 0 Å². The standard InChI is InChI=1S/C17H25N3/c1-5-6-17-19-7-8-20(17)12-16(18-4)15-10-13(2)9-14(3)11-15/h7-11,16,18H,5-6,12H2,1-4H3. The normalized spacial score (nSPS) is 12.6. The van der Waals surface area contributed by atoms with Crippen LogP contribution in [0.1, 0.15) is 41.9 Å². The Labute approximate surface area is 122 Å². The van der Waals surface area contributed by atoms with Gasteiger partial charge in [0.15, 0.2) is 0 Å². The molecule has 0 aliphatic rings. The fourth-order valence-electron chi connectivity index (χ4n) is 2.73. The van der Waals surface area contributed by atoms with E-state index in [1.165, 1.54) is 22.5 Å². The fraction of sp³-hybridized carbons (Fsp3) is 0.471. The molecule has 0 saturated heterocycles. The largest absolute Gasteiger partial charge is 0.333 e. The molecular weight excluding hydrogens is 246 g/mol. The van der Waals surface area contributed by atoms with E-state index in [-0.39, 0.29) is 0 Å². The van der Waals surface area contributed by atoms with Gasteiger partial charge >= 0.3 is 0 Å². The minimum atomic E-state index is 0.318. The van der Waals surface area contributed by atoms with Gasteiger partial charge in [0, 0.05) is 25.4 Å². The maximum Gasteiger partial charge on any atom is 0.108 e. The van der Waals surface area contributed by atoms with Crippen molar-refractivity contribution in [3.63, 3.8) is 0 Å². The maximum atomic E-state index is 4.46. The first-order chi connectivity index (χ1) is 9.63. The monoisotopic (exact) mass is 271 g/mol. The highest BCUT2D eigenvalue weighted by Crippen LogP contribution is 2.19. The number of hydrogen-bond acceptors (Lipinski definition) is 2. The van der Waals surface area contributed by atoms with Gasteiger partial charge in [-0.25, -0.2) is 4.98 Å². The summed E-state index contributed by atoms with van der Waals surface area (Å²) in [6.45, 7) is 7.43. The van der Waals surface area contributed by atoms with E-state index in [9.17, 15) is 0 Å². The average molecular weight is 271 g/mol. The van der Waals surface area contributed by atoms with Crippen molar-refractivity contribution in [2.45, 2.75) is 46.2 Å². The Morgan fingerprint density at radius 2 is 1.90 bits per heavy atom. The van der Waals surface area contributed by atoms with Gasteiger partial charge in [0.25, 0.3) is 0 Å². The average Bonchev–Trinajstić information content (AvgIpc) is 2.82. The van der Waals surface area contributed by atoms with Crippen molar-refractivity contribution in [3.05, 3.63) is 53.1 Å². The van der Waals surface area contributed by atoms with Gasteiger partial charge in [0.1, 0.15) is 5.82 Å². The molecule has 1 aromatic carbocycles. The van der Waals surface area contributed by atoms with Crippen molar-refractivity contribution in [1.29, 1.82) is 0 Å². The van der Waals surface area contributed by atoms with Gasteiger partial charge in [-0.05, 0) is 32.9 Å². The number of imidazole rings is 1. The molecule has 0 radical (unpaired) electrons. The number of hydrogen-bond donors (Lipinski definition) is 1. The van der Waals surface area contributed by atoms with E-state index in [1.807, 2.05) is 13.2 Å². The first-order valence-electron chi connectivity index (χ1n) is 7.39. The van der Waals surface area contributed by atoms with E-state index in [4.69, 9.17) is 0 Å². The highest BCUT2D eigenvalue weighted by Gasteiger charge is 2.12. The lowest BCUT2D eigenvalue weighted by atomic mass is 10.0. The number of nitrogens with zero attached hydrogens (tertiary/aromatic N) is 2. The zero-order valence-electron chi connectivity index (χ0n) is 13.0. The third-order valence-electron chi connectivity index (χ3n) is 3.65. The lowest BCUT2D eigenvalue weighted by molar-refractivity contribution is 0.486. The molecule has 1 unspecified atom stereocenters. The van der Waals surface area contributed by atoms with Crippen molar-refractivity contribution >= 4 is 0 Å². The molecule has 0 aliphatic carbocycles. The summed E-state index contributed by atoms with van der Waals surface area (Å²) in [5, 5.41) is 3.43. The van der Waals surface area contributed by atoms with E-state index in [0.29, 0.717) is 6.04 Å². The number of likely N-dealkylation sites (N-methyl/N-ethyl adjacent to an activating group) is 1. The molecule has 20 heavy (non-hydrogen) atoms. The smallest absolute Gasteiger partial charge is 0.108 e. The molecule has 0 fully saturated rings. The van der Waals surface area contributed by atoms with Crippen LogP contribution >= 0.6 is 0 Å². The van der Waals surface area contributed by atoms with Crippen molar-refractivity contribution in [3.8, 4) is 0 Å². The van der Waals surface area contributed by atoms with Gasteiger partial charge in [0.05, 0.1) is 6.04 Å². The third kappa shape index (κ3) is 3.48. The topological polar surface area (TPSA) is 29.9 Å². The van der Waals surface area contributed by atoms with Crippen LogP contribution in [0.15, 0.2) is 30.6 Å². The number of rotatable bonds is 6. The first-order valence-corrected chi connectivity index (χ1v) is 7.39. The molecule has 2 rings (SSSR count). The Bertz CT molecular complexity index is 537. The zero-order valence-corrected chi connectivity index (χ0v) is 13.0. The van der Waals surface area contributed by atoms with Crippen LogP contribution < -0.4 is 5.32 Å². The highest BCUT2D eigenvalue weighted by atomic mass is 15.1. The van der Waals surface area contributed by atoms with E-state index in [1.54, 1.807) is 0 Å². The zero-order chi connectivity index (χ0) is 14.5. The Kier molecular flexibility index (Phi) is 4.96. The summed E-state index contributed by atoms with van der Waals surface area (Å²) >= 11 is 0. The second kappa shape index (κ2) is 6.71. The predicted molar refractivity (Wildman–Crippen MR) is 83.9 cm³/mol. The molecule has 108 valence electrons. The molecule has 2 aromatic rings. The van der Waals surface area contributed by atoms with Crippen molar-refractivity contribution < 1.29 is 0 Å². The number of nitrogens with one attached hydrogen (secondary N) is 1. The molecule has 1 N–H and O–H groups in total. The summed E-state index contributed by atoms with van der Waals surface area (Å²) in [6, 6.07) is 7.07. The van der Waals surface area contributed by atoms with Crippen LogP contribution in [0.2, 0.25) is 0 Å². The second-order valence-corrected chi connectivity index (χ2v) is 5.51. The van der Waals surface area contributed by atoms with Crippen molar-refractivity contribution in [2.75, 3.05) is 7.05 Å². The predicted octanol–water partition coefficient (Wildman–Crippen LogP) is 3.41. The Morgan fingerprint density at radius 3 is 2.50 bits per heavy atom. The van der Waals surface area contributed by atoms with E-state index in [0.717, 1.165) is 19.4 Å². The Morgan fingerprint density at radius 1 is 1.20 bits per heavy atom. The molecule has 1 heterocycles. The molecule has 3 heteroatoms. The van der Waals surface area contributed by atoms with Gasteiger partial charge in [-0.2, -0.15) is 0 Å². The van der Waals surface area contributed by atoms with Gasteiger partial charge in [-0.3, -0.25) is 0 Å². The van der Waals surface area contributed by atoms with Crippen LogP contribution in [0.3, 0.4) is 0 Å². The summed E-state index contributed by atoms with van der Waals surface area (Å²) in [7, 11) is 2.03. The first kappa shape index (κ1) is 14.8. The van der Waals surface area contributed by atoms with Crippen LogP contribution in [0.5, 0.6) is 0 Å². The number of benzene rings is 1. The fourth-order valence-corrected chi connectivity index (χ4v) is 2.73. The molecule has 0 amide bonds. The second-order valence-electron chi connectivity index (χ2n) is 5.51. The van der Waals surface area contributed by atoms with Crippen LogP contribution in [-0.2, 0) is 13.0 Å².